The van der Waals surface area contributed by atoms with Crippen LogP contribution in [-0.4, -0.2) is 10.8 Å². The van der Waals surface area contributed by atoms with Gasteiger partial charge in [-0.2, -0.15) is 0 Å². The van der Waals surface area contributed by atoms with Crippen LogP contribution in [-0.2, 0) is 12.8 Å². The smallest absolute Gasteiger partial charge is 0.179 e. The van der Waals surface area contributed by atoms with Gasteiger partial charge in [0.05, 0.1) is 5.69 Å². The molecule has 1 aliphatic rings. The Morgan fingerprint density at radius 1 is 1.42 bits per heavy atom. The second-order valence-electron chi connectivity index (χ2n) is 3.36. The Labute approximate surface area is 72.0 Å². The minimum atomic E-state index is 0.285. The second kappa shape index (κ2) is 2.47. The van der Waals surface area contributed by atoms with Gasteiger partial charge in [-0.1, -0.05) is 6.92 Å². The van der Waals surface area contributed by atoms with E-state index in [9.17, 15) is 4.79 Å². The molecule has 0 amide bonds. The summed E-state index contributed by atoms with van der Waals surface area (Å²) >= 11 is 0. The van der Waals surface area contributed by atoms with Gasteiger partial charge in [0.1, 0.15) is 0 Å². The maximum atomic E-state index is 11.3. The zero-order valence-corrected chi connectivity index (χ0v) is 7.53. The third kappa shape index (κ3) is 0.840. The van der Waals surface area contributed by atoms with Crippen LogP contribution in [0.2, 0.25) is 0 Å². The van der Waals surface area contributed by atoms with Gasteiger partial charge in [0, 0.05) is 12.1 Å². The molecule has 0 spiro atoms. The van der Waals surface area contributed by atoms with Gasteiger partial charge in [0.2, 0.25) is 0 Å². The van der Waals surface area contributed by atoms with Gasteiger partial charge in [-0.3, -0.25) is 4.79 Å². The average Bonchev–Trinajstić information content (AvgIpc) is 2.55. The second-order valence-corrected chi connectivity index (χ2v) is 3.36. The van der Waals surface area contributed by atoms with E-state index in [1.165, 1.54) is 16.8 Å². The molecule has 0 aromatic carbocycles. The van der Waals surface area contributed by atoms with Crippen molar-refractivity contribution in [1.82, 2.24) is 4.98 Å². The number of fused-ring (bicyclic) bond motifs is 1. The summed E-state index contributed by atoms with van der Waals surface area (Å²) < 4.78 is 0. The fourth-order valence-corrected chi connectivity index (χ4v) is 1.96. The fraction of sp³-hybridized carbons (Fsp3) is 0.500. The van der Waals surface area contributed by atoms with Crippen molar-refractivity contribution in [3.63, 3.8) is 0 Å². The first-order chi connectivity index (χ1) is 5.74. The largest absolute Gasteiger partial charge is 0.356 e. The van der Waals surface area contributed by atoms with Crippen LogP contribution in [0.5, 0.6) is 0 Å². The van der Waals surface area contributed by atoms with Crippen LogP contribution in [0.4, 0.5) is 0 Å². The molecule has 1 aromatic rings. The molecule has 0 unspecified atom stereocenters. The van der Waals surface area contributed by atoms with Crippen molar-refractivity contribution in [3.8, 4) is 0 Å². The summed E-state index contributed by atoms with van der Waals surface area (Å²) in [5.74, 6) is 0.285. The molecule has 0 bridgehead atoms. The maximum Gasteiger partial charge on any atom is 0.179 e. The average molecular weight is 163 g/mol. The van der Waals surface area contributed by atoms with Crippen molar-refractivity contribution in [1.29, 1.82) is 0 Å². The Balaban J connectivity index is 2.57. The summed E-state index contributed by atoms with van der Waals surface area (Å²) in [4.78, 5) is 14.5. The molecule has 2 rings (SSSR count). The number of carbonyl (C=O) groups excluding carboxylic acids is 1. The maximum absolute atomic E-state index is 11.3. The normalized spacial score (nSPS) is 15.3. The number of nitrogens with one attached hydrogen (secondary N) is 1. The summed E-state index contributed by atoms with van der Waals surface area (Å²) in [5.41, 5.74) is 4.67. The van der Waals surface area contributed by atoms with Crippen LogP contribution in [0.15, 0.2) is 0 Å². The van der Waals surface area contributed by atoms with E-state index in [1.54, 1.807) is 0 Å². The molecular formula is C10H13NO. The van der Waals surface area contributed by atoms with E-state index >= 15 is 0 Å². The lowest BCUT2D eigenvalue weighted by atomic mass is 10.1. The van der Waals surface area contributed by atoms with Gasteiger partial charge in [0.15, 0.2) is 5.78 Å². The molecule has 1 heterocycles. The van der Waals surface area contributed by atoms with Crippen molar-refractivity contribution in [2.24, 2.45) is 0 Å². The van der Waals surface area contributed by atoms with Gasteiger partial charge in [0.25, 0.3) is 0 Å². The van der Waals surface area contributed by atoms with Crippen molar-refractivity contribution in [3.05, 3.63) is 22.5 Å². The van der Waals surface area contributed by atoms with Gasteiger partial charge >= 0.3 is 0 Å². The van der Waals surface area contributed by atoms with Crippen molar-refractivity contribution < 1.29 is 4.79 Å². The van der Waals surface area contributed by atoms with Gasteiger partial charge in [-0.25, -0.2) is 0 Å². The highest BCUT2D eigenvalue weighted by atomic mass is 16.1. The highest BCUT2D eigenvalue weighted by molar-refractivity contribution is 5.99. The van der Waals surface area contributed by atoms with E-state index in [2.05, 4.69) is 18.8 Å². The number of Topliss-reactive ketones (excluding diaryl/α,β-unsaturated/α-hetero) is 1. The molecule has 0 radical (unpaired) electrons. The van der Waals surface area contributed by atoms with Crippen LogP contribution in [0.1, 0.15) is 40.7 Å². The lowest BCUT2D eigenvalue weighted by Gasteiger charge is -1.95. The number of ketones is 1. The molecule has 0 aliphatic heterocycles. The van der Waals surface area contributed by atoms with Gasteiger partial charge in [-0.05, 0) is 30.9 Å². The fourth-order valence-electron chi connectivity index (χ4n) is 1.96. The van der Waals surface area contributed by atoms with Gasteiger partial charge in [-0.15, -0.1) is 0 Å². The van der Waals surface area contributed by atoms with Crippen LogP contribution in [0.25, 0.3) is 0 Å². The first kappa shape index (κ1) is 7.59. The lowest BCUT2D eigenvalue weighted by molar-refractivity contribution is 0.0990. The molecular weight excluding hydrogens is 150 g/mol. The Morgan fingerprint density at radius 3 is 2.75 bits per heavy atom. The molecule has 2 nitrogen and oxygen atoms in total. The Bertz CT molecular complexity index is 336. The van der Waals surface area contributed by atoms with Crippen LogP contribution in [0, 0.1) is 6.92 Å². The minimum absolute atomic E-state index is 0.285. The monoisotopic (exact) mass is 163 g/mol. The summed E-state index contributed by atoms with van der Waals surface area (Å²) in [6.07, 6.45) is 2.63. The van der Waals surface area contributed by atoms with Crippen LogP contribution < -0.4 is 0 Å². The minimum Gasteiger partial charge on any atom is -0.356 e. The first-order valence-electron chi connectivity index (χ1n) is 4.47. The number of aromatic amines is 1. The molecule has 1 N–H and O–H groups in total. The Hall–Kier alpha value is -1.05. The molecule has 64 valence electrons. The number of carbonyl (C=O) groups is 1. The molecule has 0 fully saturated rings. The number of H-pyrrole nitrogens is 1. The Kier molecular flexibility index (Phi) is 1.56. The SMILES string of the molecule is CCc1[nH]c2c(c1C)CCC2=O. The van der Waals surface area contributed by atoms with E-state index in [1.807, 2.05) is 0 Å². The standard InChI is InChI=1S/C10H13NO/c1-3-8-6(2)7-4-5-9(12)10(7)11-8/h11H,3-5H2,1-2H3. The lowest BCUT2D eigenvalue weighted by Crippen LogP contribution is -1.93. The van der Waals surface area contributed by atoms with E-state index in [4.69, 9.17) is 0 Å². The number of aryl methyl sites for hydroxylation is 1. The van der Waals surface area contributed by atoms with Crippen LogP contribution in [0.3, 0.4) is 0 Å². The van der Waals surface area contributed by atoms with E-state index in [-0.39, 0.29) is 5.78 Å². The third-order valence-corrected chi connectivity index (χ3v) is 2.72. The molecule has 1 aliphatic carbocycles. The number of rotatable bonds is 1. The molecule has 12 heavy (non-hydrogen) atoms. The van der Waals surface area contributed by atoms with Crippen molar-refractivity contribution in [2.75, 3.05) is 0 Å². The molecule has 0 atom stereocenters. The third-order valence-electron chi connectivity index (χ3n) is 2.72. The zero-order valence-electron chi connectivity index (χ0n) is 7.53. The molecule has 0 saturated carbocycles. The number of hydrogen-bond donors (Lipinski definition) is 1. The Morgan fingerprint density at radius 2 is 2.17 bits per heavy atom. The zero-order chi connectivity index (χ0) is 8.72. The summed E-state index contributed by atoms with van der Waals surface area (Å²) in [6, 6.07) is 0. The van der Waals surface area contributed by atoms with E-state index in [0.717, 1.165) is 18.5 Å². The molecule has 2 heteroatoms. The van der Waals surface area contributed by atoms with E-state index in [0.29, 0.717) is 6.42 Å². The van der Waals surface area contributed by atoms with Crippen molar-refractivity contribution in [2.45, 2.75) is 33.1 Å². The molecule has 1 aromatic heterocycles. The quantitative estimate of drug-likeness (QED) is 0.675. The highest BCUT2D eigenvalue weighted by Crippen LogP contribution is 2.27. The van der Waals surface area contributed by atoms with Gasteiger partial charge < -0.3 is 4.98 Å². The predicted molar refractivity (Wildman–Crippen MR) is 47.6 cm³/mol. The predicted octanol–water partition coefficient (Wildman–Crippen LogP) is 2.01. The van der Waals surface area contributed by atoms with Crippen molar-refractivity contribution >= 4 is 5.78 Å². The first-order valence-corrected chi connectivity index (χ1v) is 4.47. The van der Waals surface area contributed by atoms with Crippen LogP contribution >= 0.6 is 0 Å². The number of hydrogen-bond acceptors (Lipinski definition) is 1. The highest BCUT2D eigenvalue weighted by Gasteiger charge is 2.24. The number of aromatic nitrogens is 1. The summed E-state index contributed by atoms with van der Waals surface area (Å²) in [7, 11) is 0. The molecule has 0 saturated heterocycles. The van der Waals surface area contributed by atoms with E-state index < -0.39 is 0 Å². The summed E-state index contributed by atoms with van der Waals surface area (Å²) in [5, 5.41) is 0. The topological polar surface area (TPSA) is 32.9 Å². The summed E-state index contributed by atoms with van der Waals surface area (Å²) in [6.45, 7) is 4.21.